The molecule has 6 heteroatoms. The van der Waals surface area contributed by atoms with Crippen molar-refractivity contribution in [2.24, 2.45) is 7.05 Å². The molecule has 1 aromatic heterocycles. The topological polar surface area (TPSA) is 90.4 Å². The van der Waals surface area contributed by atoms with Crippen molar-refractivity contribution in [1.82, 2.24) is 9.78 Å². The highest BCUT2D eigenvalue weighted by Gasteiger charge is 2.23. The molecule has 0 unspecified atom stereocenters. The van der Waals surface area contributed by atoms with Gasteiger partial charge in [0.15, 0.2) is 5.69 Å². The van der Waals surface area contributed by atoms with E-state index >= 15 is 0 Å². The third-order valence-electron chi connectivity index (χ3n) is 3.52. The molecule has 0 bridgehead atoms. The molecule has 6 nitrogen and oxygen atoms in total. The van der Waals surface area contributed by atoms with Gasteiger partial charge >= 0.3 is 5.97 Å². The minimum absolute atomic E-state index is 0.0438. The number of anilines is 1. The Morgan fingerprint density at radius 3 is 2.55 bits per heavy atom. The van der Waals surface area contributed by atoms with Crippen LogP contribution in [-0.4, -0.2) is 28.0 Å². The van der Waals surface area contributed by atoms with E-state index in [1.807, 2.05) is 13.8 Å². The predicted molar refractivity (Wildman–Crippen MR) is 76.0 cm³/mol. The molecule has 0 spiro atoms. The second-order valence-electron chi connectivity index (χ2n) is 4.60. The van der Waals surface area contributed by atoms with Gasteiger partial charge in [-0.05, 0) is 36.6 Å². The van der Waals surface area contributed by atoms with Crippen LogP contribution in [0.25, 0.3) is 11.1 Å². The molecule has 2 aromatic rings. The lowest BCUT2D eigenvalue weighted by Gasteiger charge is -2.12. The fraction of sp³-hybridized carbons (Fsp3) is 0.286. The number of ether oxygens (including phenoxy) is 1. The van der Waals surface area contributed by atoms with Crippen molar-refractivity contribution in [3.63, 3.8) is 0 Å². The number of carboxylic acid groups (broad SMARTS) is 1. The summed E-state index contributed by atoms with van der Waals surface area (Å²) >= 11 is 0. The first-order valence-corrected chi connectivity index (χ1v) is 6.08. The molecule has 0 aliphatic carbocycles. The number of aromatic carboxylic acids is 1. The highest BCUT2D eigenvalue weighted by molar-refractivity contribution is 5.98. The molecule has 1 aromatic carbocycles. The van der Waals surface area contributed by atoms with E-state index in [9.17, 15) is 9.90 Å². The van der Waals surface area contributed by atoms with Crippen molar-refractivity contribution in [3.8, 4) is 16.9 Å². The van der Waals surface area contributed by atoms with Gasteiger partial charge in [0.1, 0.15) is 11.6 Å². The molecule has 0 atom stereocenters. The molecule has 0 amide bonds. The number of rotatable bonds is 3. The molecular weight excluding hydrogens is 258 g/mol. The number of hydrogen-bond acceptors (Lipinski definition) is 4. The maximum absolute atomic E-state index is 11.3. The second-order valence-corrected chi connectivity index (χ2v) is 4.60. The summed E-state index contributed by atoms with van der Waals surface area (Å²) in [6, 6.07) is 3.61. The van der Waals surface area contributed by atoms with Crippen LogP contribution >= 0.6 is 0 Å². The van der Waals surface area contributed by atoms with Crippen molar-refractivity contribution in [1.29, 1.82) is 0 Å². The molecule has 0 fully saturated rings. The van der Waals surface area contributed by atoms with Crippen molar-refractivity contribution >= 4 is 11.8 Å². The second kappa shape index (κ2) is 4.88. The minimum atomic E-state index is -1.10. The Labute approximate surface area is 116 Å². The number of hydrogen-bond donors (Lipinski definition) is 2. The molecule has 0 aliphatic heterocycles. The van der Waals surface area contributed by atoms with Crippen LogP contribution < -0.4 is 10.5 Å². The fourth-order valence-electron chi connectivity index (χ4n) is 2.24. The smallest absolute Gasteiger partial charge is 0.357 e. The Balaban J connectivity index is 2.75. The van der Waals surface area contributed by atoms with E-state index in [0.717, 1.165) is 22.4 Å². The number of carbonyl (C=O) groups is 1. The zero-order chi connectivity index (χ0) is 15.0. The van der Waals surface area contributed by atoms with E-state index in [4.69, 9.17) is 10.5 Å². The van der Waals surface area contributed by atoms with Gasteiger partial charge in [-0.2, -0.15) is 5.10 Å². The van der Waals surface area contributed by atoms with Crippen LogP contribution in [0, 0.1) is 13.8 Å². The Morgan fingerprint density at radius 2 is 2.00 bits per heavy atom. The van der Waals surface area contributed by atoms with Crippen LogP contribution in [0.5, 0.6) is 5.75 Å². The summed E-state index contributed by atoms with van der Waals surface area (Å²) in [7, 11) is 3.22. The average Bonchev–Trinajstić information content (AvgIpc) is 2.70. The Bertz CT molecular complexity index is 689. The van der Waals surface area contributed by atoms with Crippen molar-refractivity contribution in [2.75, 3.05) is 12.8 Å². The lowest BCUT2D eigenvalue weighted by Crippen LogP contribution is -2.01. The summed E-state index contributed by atoms with van der Waals surface area (Å²) in [5.74, 6) is -0.0131. The number of methoxy groups -OCH3 is 1. The van der Waals surface area contributed by atoms with Crippen LogP contribution in [0.2, 0.25) is 0 Å². The number of carboxylic acids is 1. The van der Waals surface area contributed by atoms with Crippen LogP contribution in [0.15, 0.2) is 12.1 Å². The van der Waals surface area contributed by atoms with Crippen molar-refractivity contribution < 1.29 is 14.6 Å². The SMILES string of the molecule is COc1ccc(-c2c(C(=O)O)nn(C)c2N)c(C)c1C. The van der Waals surface area contributed by atoms with E-state index in [1.165, 1.54) is 4.68 Å². The molecular formula is C14H17N3O3. The normalized spacial score (nSPS) is 10.6. The standard InChI is InChI=1S/C14H17N3O3/c1-7-8(2)10(20-4)6-5-9(7)11-12(14(18)19)16-17(3)13(11)15/h5-6H,15H2,1-4H3,(H,18,19). The predicted octanol–water partition coefficient (Wildman–Crippen LogP) is 1.99. The summed E-state index contributed by atoms with van der Waals surface area (Å²) in [6.45, 7) is 3.83. The van der Waals surface area contributed by atoms with E-state index in [2.05, 4.69) is 5.10 Å². The number of nitrogen functional groups attached to an aromatic ring is 1. The van der Waals surface area contributed by atoms with Gasteiger partial charge < -0.3 is 15.6 Å². The first kappa shape index (κ1) is 13.9. The molecule has 20 heavy (non-hydrogen) atoms. The maximum Gasteiger partial charge on any atom is 0.357 e. The van der Waals surface area contributed by atoms with Gasteiger partial charge in [0.25, 0.3) is 0 Å². The molecule has 0 radical (unpaired) electrons. The van der Waals surface area contributed by atoms with Gasteiger partial charge in [0.05, 0.1) is 12.7 Å². The molecule has 0 saturated carbocycles. The van der Waals surface area contributed by atoms with E-state index in [-0.39, 0.29) is 5.69 Å². The summed E-state index contributed by atoms with van der Waals surface area (Å²) in [5.41, 5.74) is 9.00. The minimum Gasteiger partial charge on any atom is -0.496 e. The van der Waals surface area contributed by atoms with E-state index in [0.29, 0.717) is 11.4 Å². The molecule has 0 aliphatic rings. The summed E-state index contributed by atoms with van der Waals surface area (Å²) in [4.78, 5) is 11.3. The third kappa shape index (κ3) is 1.99. The van der Waals surface area contributed by atoms with Crippen LogP contribution in [0.4, 0.5) is 5.82 Å². The van der Waals surface area contributed by atoms with Gasteiger partial charge in [-0.1, -0.05) is 6.07 Å². The van der Waals surface area contributed by atoms with Crippen molar-refractivity contribution in [3.05, 3.63) is 29.0 Å². The van der Waals surface area contributed by atoms with Crippen LogP contribution in [0.1, 0.15) is 21.6 Å². The van der Waals surface area contributed by atoms with Crippen LogP contribution in [0.3, 0.4) is 0 Å². The van der Waals surface area contributed by atoms with Crippen LogP contribution in [-0.2, 0) is 7.05 Å². The maximum atomic E-state index is 11.3. The number of aromatic nitrogens is 2. The monoisotopic (exact) mass is 275 g/mol. The molecule has 106 valence electrons. The molecule has 2 rings (SSSR count). The van der Waals surface area contributed by atoms with Gasteiger partial charge in [-0.15, -0.1) is 0 Å². The average molecular weight is 275 g/mol. The highest BCUT2D eigenvalue weighted by atomic mass is 16.5. The zero-order valence-electron chi connectivity index (χ0n) is 11.9. The van der Waals surface area contributed by atoms with E-state index < -0.39 is 5.97 Å². The first-order chi connectivity index (χ1) is 9.38. The lowest BCUT2D eigenvalue weighted by atomic mass is 9.96. The van der Waals surface area contributed by atoms with Gasteiger partial charge in [0, 0.05) is 7.05 Å². The van der Waals surface area contributed by atoms with Crippen molar-refractivity contribution in [2.45, 2.75) is 13.8 Å². The largest absolute Gasteiger partial charge is 0.496 e. The third-order valence-corrected chi connectivity index (χ3v) is 3.52. The quantitative estimate of drug-likeness (QED) is 0.894. The zero-order valence-corrected chi connectivity index (χ0v) is 11.9. The molecule has 1 heterocycles. The Kier molecular flexibility index (Phi) is 3.40. The highest BCUT2D eigenvalue weighted by Crippen LogP contribution is 2.35. The number of benzene rings is 1. The van der Waals surface area contributed by atoms with Gasteiger partial charge in [-0.3, -0.25) is 4.68 Å². The Morgan fingerprint density at radius 1 is 1.35 bits per heavy atom. The summed E-state index contributed by atoms with van der Waals surface area (Å²) in [5, 5.41) is 13.2. The lowest BCUT2D eigenvalue weighted by molar-refractivity contribution is 0.0690. The summed E-state index contributed by atoms with van der Waals surface area (Å²) < 4.78 is 6.63. The number of nitrogens with zero attached hydrogens (tertiary/aromatic N) is 2. The Hall–Kier alpha value is -2.50. The molecule has 3 N–H and O–H groups in total. The molecule has 0 saturated heterocycles. The number of nitrogens with two attached hydrogens (primary N) is 1. The fourth-order valence-corrected chi connectivity index (χ4v) is 2.24. The first-order valence-electron chi connectivity index (χ1n) is 6.08. The van der Waals surface area contributed by atoms with Gasteiger partial charge in [0.2, 0.25) is 0 Å². The van der Waals surface area contributed by atoms with Gasteiger partial charge in [-0.25, -0.2) is 4.79 Å². The van der Waals surface area contributed by atoms with E-state index in [1.54, 1.807) is 26.3 Å². The number of aryl methyl sites for hydroxylation is 1. The summed E-state index contributed by atoms with van der Waals surface area (Å²) in [6.07, 6.45) is 0.